The Morgan fingerprint density at radius 1 is 1.37 bits per heavy atom. The summed E-state index contributed by atoms with van der Waals surface area (Å²) in [6.07, 6.45) is 7.07. The van der Waals surface area contributed by atoms with Gasteiger partial charge in [0.1, 0.15) is 0 Å². The zero-order valence-electron chi connectivity index (χ0n) is 11.7. The van der Waals surface area contributed by atoms with Crippen molar-refractivity contribution in [1.29, 1.82) is 0 Å². The Kier molecular flexibility index (Phi) is 6.65. The molecule has 1 N–H and O–H groups in total. The molecule has 2 unspecified atom stereocenters. The smallest absolute Gasteiger partial charge is 0.0931 e. The first-order chi connectivity index (χ1) is 9.29. The van der Waals surface area contributed by atoms with Gasteiger partial charge in [-0.1, -0.05) is 37.8 Å². The van der Waals surface area contributed by atoms with E-state index in [4.69, 9.17) is 16.3 Å². The molecule has 1 heterocycles. The Labute approximate surface area is 125 Å². The lowest BCUT2D eigenvalue weighted by atomic mass is 9.85. The van der Waals surface area contributed by atoms with E-state index in [1.807, 2.05) is 6.07 Å². The fourth-order valence-electron chi connectivity index (χ4n) is 2.80. The molecule has 1 aromatic heterocycles. The number of halogens is 1. The molecular formula is C15H24ClNOS. The molecule has 1 saturated carbocycles. The van der Waals surface area contributed by atoms with Crippen LogP contribution in [0.5, 0.6) is 0 Å². The van der Waals surface area contributed by atoms with Gasteiger partial charge in [-0.3, -0.25) is 0 Å². The van der Waals surface area contributed by atoms with Gasteiger partial charge in [0.2, 0.25) is 0 Å². The van der Waals surface area contributed by atoms with Crippen LogP contribution in [0, 0.1) is 5.92 Å². The fraction of sp³-hybridized carbons (Fsp3) is 0.733. The predicted octanol–water partition coefficient (Wildman–Crippen LogP) is 4.48. The number of hydrogen-bond acceptors (Lipinski definition) is 3. The van der Waals surface area contributed by atoms with Gasteiger partial charge in [-0.15, -0.1) is 11.3 Å². The number of rotatable bonds is 7. The van der Waals surface area contributed by atoms with Gasteiger partial charge in [0, 0.05) is 18.0 Å². The minimum atomic E-state index is 0.497. The summed E-state index contributed by atoms with van der Waals surface area (Å²) in [5.74, 6) is 0.782. The Morgan fingerprint density at radius 3 is 2.95 bits per heavy atom. The van der Waals surface area contributed by atoms with Gasteiger partial charge >= 0.3 is 0 Å². The lowest BCUT2D eigenvalue weighted by Gasteiger charge is -2.30. The molecule has 2 atom stereocenters. The van der Waals surface area contributed by atoms with Crippen LogP contribution in [-0.2, 0) is 11.3 Å². The summed E-state index contributed by atoms with van der Waals surface area (Å²) in [5.41, 5.74) is 0. The summed E-state index contributed by atoms with van der Waals surface area (Å²) in [4.78, 5) is 1.29. The van der Waals surface area contributed by atoms with Crippen LogP contribution in [-0.4, -0.2) is 19.3 Å². The monoisotopic (exact) mass is 301 g/mol. The van der Waals surface area contributed by atoms with Crippen molar-refractivity contribution in [3.05, 3.63) is 21.3 Å². The van der Waals surface area contributed by atoms with Crippen LogP contribution in [0.3, 0.4) is 0 Å². The topological polar surface area (TPSA) is 21.3 Å². The normalized spacial score (nSPS) is 23.7. The van der Waals surface area contributed by atoms with E-state index in [1.54, 1.807) is 11.3 Å². The van der Waals surface area contributed by atoms with E-state index in [1.165, 1.54) is 37.0 Å². The van der Waals surface area contributed by atoms with Crippen molar-refractivity contribution in [2.24, 2.45) is 5.92 Å². The summed E-state index contributed by atoms with van der Waals surface area (Å²) in [5, 5.41) is 3.41. The van der Waals surface area contributed by atoms with Crippen LogP contribution in [0.1, 0.15) is 43.9 Å². The first-order valence-corrected chi connectivity index (χ1v) is 8.55. The quantitative estimate of drug-likeness (QED) is 0.750. The van der Waals surface area contributed by atoms with E-state index in [9.17, 15) is 0 Å². The predicted molar refractivity (Wildman–Crippen MR) is 83.0 cm³/mol. The van der Waals surface area contributed by atoms with Gasteiger partial charge in [0.15, 0.2) is 0 Å². The molecular weight excluding hydrogens is 278 g/mol. The standard InChI is InChI=1S/C15H24ClNOS/c1-2-12-5-3-4-6-14(12)18-10-9-17-11-13-7-8-15(16)19-13/h7-8,12,14,17H,2-6,9-11H2,1H3. The minimum Gasteiger partial charge on any atom is -0.377 e. The molecule has 0 saturated heterocycles. The molecule has 0 amide bonds. The number of thiophene rings is 1. The van der Waals surface area contributed by atoms with E-state index >= 15 is 0 Å². The molecule has 0 spiro atoms. The highest BCUT2D eigenvalue weighted by Crippen LogP contribution is 2.28. The Hall–Kier alpha value is -0.0900. The highest BCUT2D eigenvalue weighted by Gasteiger charge is 2.23. The highest BCUT2D eigenvalue weighted by atomic mass is 35.5. The van der Waals surface area contributed by atoms with Crippen molar-refractivity contribution in [2.45, 2.75) is 51.7 Å². The maximum Gasteiger partial charge on any atom is 0.0931 e. The van der Waals surface area contributed by atoms with E-state index in [0.717, 1.165) is 30.0 Å². The van der Waals surface area contributed by atoms with Gasteiger partial charge in [-0.25, -0.2) is 0 Å². The lowest BCUT2D eigenvalue weighted by molar-refractivity contribution is -0.0103. The summed E-state index contributed by atoms with van der Waals surface area (Å²) < 4.78 is 6.91. The largest absolute Gasteiger partial charge is 0.377 e. The van der Waals surface area contributed by atoms with E-state index in [2.05, 4.69) is 18.3 Å². The molecule has 0 radical (unpaired) electrons. The average Bonchev–Trinajstić information content (AvgIpc) is 2.84. The van der Waals surface area contributed by atoms with E-state index in [-0.39, 0.29) is 0 Å². The van der Waals surface area contributed by atoms with Crippen molar-refractivity contribution in [2.75, 3.05) is 13.2 Å². The number of nitrogens with one attached hydrogen (secondary N) is 1. The van der Waals surface area contributed by atoms with Crippen molar-refractivity contribution < 1.29 is 4.74 Å². The molecule has 0 aliphatic heterocycles. The third-order valence-corrected chi connectivity index (χ3v) is 5.13. The number of hydrogen-bond donors (Lipinski definition) is 1. The Morgan fingerprint density at radius 2 is 2.21 bits per heavy atom. The van der Waals surface area contributed by atoms with Crippen LogP contribution in [0.2, 0.25) is 4.34 Å². The molecule has 1 aliphatic carbocycles. The maximum absolute atomic E-state index is 6.04. The lowest BCUT2D eigenvalue weighted by Crippen LogP contribution is -2.30. The zero-order valence-corrected chi connectivity index (χ0v) is 13.2. The molecule has 2 rings (SSSR count). The SMILES string of the molecule is CCC1CCCCC1OCCNCc1ccc(Cl)s1. The third kappa shape index (κ3) is 5.07. The average molecular weight is 302 g/mol. The fourth-order valence-corrected chi connectivity index (χ4v) is 3.86. The van der Waals surface area contributed by atoms with Crippen LogP contribution >= 0.6 is 22.9 Å². The molecule has 108 valence electrons. The van der Waals surface area contributed by atoms with Crippen molar-refractivity contribution in [3.8, 4) is 0 Å². The van der Waals surface area contributed by atoms with Gasteiger partial charge in [0.05, 0.1) is 17.0 Å². The second-order valence-electron chi connectivity index (χ2n) is 5.24. The minimum absolute atomic E-state index is 0.497. The van der Waals surface area contributed by atoms with E-state index < -0.39 is 0 Å². The summed E-state index contributed by atoms with van der Waals surface area (Å²) >= 11 is 7.54. The maximum atomic E-state index is 6.04. The van der Waals surface area contributed by atoms with Gasteiger partial charge < -0.3 is 10.1 Å². The van der Waals surface area contributed by atoms with Crippen LogP contribution in [0.15, 0.2) is 12.1 Å². The molecule has 19 heavy (non-hydrogen) atoms. The Bertz CT molecular complexity index is 369. The van der Waals surface area contributed by atoms with Crippen LogP contribution in [0.4, 0.5) is 0 Å². The zero-order chi connectivity index (χ0) is 13.5. The van der Waals surface area contributed by atoms with Crippen molar-refractivity contribution in [1.82, 2.24) is 5.32 Å². The number of ether oxygens (including phenoxy) is 1. The first-order valence-electron chi connectivity index (χ1n) is 7.36. The summed E-state index contributed by atoms with van der Waals surface area (Å²) in [7, 11) is 0. The molecule has 0 aromatic carbocycles. The van der Waals surface area contributed by atoms with Crippen molar-refractivity contribution >= 4 is 22.9 Å². The molecule has 1 aromatic rings. The van der Waals surface area contributed by atoms with Gasteiger partial charge in [-0.05, 0) is 30.9 Å². The molecule has 1 fully saturated rings. The summed E-state index contributed by atoms with van der Waals surface area (Å²) in [6, 6.07) is 4.03. The highest BCUT2D eigenvalue weighted by molar-refractivity contribution is 7.16. The van der Waals surface area contributed by atoms with Crippen LogP contribution in [0.25, 0.3) is 0 Å². The van der Waals surface area contributed by atoms with Crippen molar-refractivity contribution in [3.63, 3.8) is 0 Å². The van der Waals surface area contributed by atoms with E-state index in [0.29, 0.717) is 6.10 Å². The second kappa shape index (κ2) is 8.25. The van der Waals surface area contributed by atoms with Gasteiger partial charge in [-0.2, -0.15) is 0 Å². The molecule has 4 heteroatoms. The molecule has 2 nitrogen and oxygen atoms in total. The third-order valence-electron chi connectivity index (χ3n) is 3.90. The Balaban J connectivity index is 1.58. The summed E-state index contributed by atoms with van der Waals surface area (Å²) in [6.45, 7) is 4.91. The molecule has 1 aliphatic rings. The van der Waals surface area contributed by atoms with Crippen LogP contribution < -0.4 is 5.32 Å². The molecule has 0 bridgehead atoms. The van der Waals surface area contributed by atoms with Gasteiger partial charge in [0.25, 0.3) is 0 Å². The first kappa shape index (κ1) is 15.3. The second-order valence-corrected chi connectivity index (χ2v) is 7.04.